The van der Waals surface area contributed by atoms with Gasteiger partial charge in [-0.05, 0) is 24.8 Å². The molecule has 3 rings (SSSR count). The van der Waals surface area contributed by atoms with E-state index in [9.17, 15) is 17.6 Å². The summed E-state index contributed by atoms with van der Waals surface area (Å²) in [5.41, 5.74) is 0.282. The highest BCUT2D eigenvalue weighted by molar-refractivity contribution is 7.90. The molecule has 0 amide bonds. The fraction of sp³-hybridized carbons (Fsp3) is 0.412. The van der Waals surface area contributed by atoms with Gasteiger partial charge >= 0.3 is 5.97 Å². The first kappa shape index (κ1) is 19.9. The number of carboxylic acids is 1. The fourth-order valence-electron chi connectivity index (χ4n) is 3.28. The van der Waals surface area contributed by atoms with Crippen molar-refractivity contribution in [2.45, 2.75) is 12.8 Å². The lowest BCUT2D eigenvalue weighted by molar-refractivity contribution is -0.134. The van der Waals surface area contributed by atoms with E-state index in [1.165, 1.54) is 18.5 Å². The van der Waals surface area contributed by atoms with Gasteiger partial charge in [-0.2, -0.15) is 5.26 Å². The first-order valence-electron chi connectivity index (χ1n) is 8.57. The summed E-state index contributed by atoms with van der Waals surface area (Å²) in [6, 6.07) is 4.42. The molecule has 1 aromatic carbocycles. The Hall–Kier alpha value is -2.84. The van der Waals surface area contributed by atoms with Crippen LogP contribution >= 0.6 is 0 Å². The van der Waals surface area contributed by atoms with Crippen molar-refractivity contribution >= 4 is 32.7 Å². The summed E-state index contributed by atoms with van der Waals surface area (Å²) in [4.78, 5) is 20.9. The highest BCUT2D eigenvalue weighted by Crippen LogP contribution is 2.29. The number of nitriles is 1. The summed E-state index contributed by atoms with van der Waals surface area (Å²) in [6.07, 6.45) is 2.87. The van der Waals surface area contributed by atoms with Crippen LogP contribution in [-0.2, 0) is 14.8 Å². The fourth-order valence-corrected chi connectivity index (χ4v) is 4.20. The van der Waals surface area contributed by atoms with Gasteiger partial charge in [0.1, 0.15) is 24.0 Å². The van der Waals surface area contributed by atoms with Crippen molar-refractivity contribution in [1.82, 2.24) is 14.7 Å². The van der Waals surface area contributed by atoms with Gasteiger partial charge in [-0.15, -0.1) is 0 Å². The number of benzene rings is 1. The van der Waals surface area contributed by atoms with Crippen LogP contribution in [0.5, 0.6) is 0 Å². The molecule has 2 heterocycles. The third kappa shape index (κ3) is 4.52. The Morgan fingerprint density at radius 1 is 1.43 bits per heavy atom. The molecule has 1 saturated heterocycles. The third-order valence-corrected chi connectivity index (χ3v) is 5.78. The maximum absolute atomic E-state index is 13.9. The number of hydrogen-bond acceptors (Lipinski definition) is 7. The van der Waals surface area contributed by atoms with Crippen LogP contribution in [0.2, 0.25) is 0 Å². The van der Waals surface area contributed by atoms with E-state index in [0.717, 1.165) is 12.8 Å². The molecule has 1 aromatic heterocycles. The maximum Gasteiger partial charge on any atom is 0.320 e. The maximum atomic E-state index is 13.9. The standard InChI is InChI=1S/C17H18FN5O4S/c18-14-5-15-13(4-12(14)6-19)17(21-10-20-15)23-3-1-2-11(8-23)7-22-28(26,27)9-16(24)25/h4-5,10-11,22H,1-3,7-9H2,(H,24,25). The Morgan fingerprint density at radius 2 is 2.21 bits per heavy atom. The number of nitrogens with zero attached hydrogens (tertiary/aromatic N) is 4. The molecule has 1 aliphatic rings. The van der Waals surface area contributed by atoms with Crippen LogP contribution in [0.3, 0.4) is 0 Å². The van der Waals surface area contributed by atoms with Crippen LogP contribution in [0.4, 0.5) is 10.2 Å². The minimum absolute atomic E-state index is 0.0433. The van der Waals surface area contributed by atoms with Crippen molar-refractivity contribution < 1.29 is 22.7 Å². The number of nitrogens with one attached hydrogen (secondary N) is 1. The van der Waals surface area contributed by atoms with Gasteiger partial charge in [-0.25, -0.2) is 27.5 Å². The van der Waals surface area contributed by atoms with Gasteiger partial charge in [0.05, 0.1) is 11.1 Å². The van der Waals surface area contributed by atoms with Gasteiger partial charge in [0.25, 0.3) is 0 Å². The van der Waals surface area contributed by atoms with Crippen LogP contribution in [0.25, 0.3) is 10.9 Å². The number of carboxylic acid groups (broad SMARTS) is 1. The number of fused-ring (bicyclic) bond motifs is 1. The summed E-state index contributed by atoms with van der Waals surface area (Å²) in [7, 11) is -3.88. The molecule has 0 spiro atoms. The van der Waals surface area contributed by atoms with Crippen LogP contribution in [-0.4, -0.2) is 54.8 Å². The SMILES string of the molecule is N#Cc1cc2c(N3CCCC(CNS(=O)(=O)CC(=O)O)C3)ncnc2cc1F. The molecule has 1 aliphatic heterocycles. The molecule has 0 radical (unpaired) electrons. The monoisotopic (exact) mass is 407 g/mol. The van der Waals surface area contributed by atoms with Crippen molar-refractivity contribution in [3.8, 4) is 6.07 Å². The Kier molecular flexibility index (Phi) is 5.71. The van der Waals surface area contributed by atoms with Gasteiger partial charge in [0.15, 0.2) is 5.75 Å². The second-order valence-electron chi connectivity index (χ2n) is 6.61. The second kappa shape index (κ2) is 8.04. The number of piperidine rings is 1. The van der Waals surface area contributed by atoms with E-state index in [1.807, 2.05) is 4.90 Å². The molecule has 9 nitrogen and oxygen atoms in total. The van der Waals surface area contributed by atoms with Gasteiger partial charge in [-0.3, -0.25) is 4.79 Å². The molecule has 0 aliphatic carbocycles. The van der Waals surface area contributed by atoms with Crippen molar-refractivity contribution in [1.29, 1.82) is 5.26 Å². The number of aromatic nitrogens is 2. The zero-order valence-corrected chi connectivity index (χ0v) is 15.6. The second-order valence-corrected chi connectivity index (χ2v) is 8.42. The molecule has 148 valence electrons. The van der Waals surface area contributed by atoms with Crippen LogP contribution in [0, 0.1) is 23.1 Å². The van der Waals surface area contributed by atoms with Gasteiger partial charge in [-0.1, -0.05) is 0 Å². The lowest BCUT2D eigenvalue weighted by atomic mass is 9.98. The molecular weight excluding hydrogens is 389 g/mol. The van der Waals surface area contributed by atoms with E-state index in [1.54, 1.807) is 6.07 Å². The molecule has 28 heavy (non-hydrogen) atoms. The van der Waals surface area contributed by atoms with Crippen molar-refractivity contribution in [2.24, 2.45) is 5.92 Å². The summed E-state index contributed by atoms with van der Waals surface area (Å²) >= 11 is 0. The number of aliphatic carboxylic acids is 1. The van der Waals surface area contributed by atoms with Crippen LogP contribution in [0.15, 0.2) is 18.5 Å². The predicted molar refractivity (Wildman–Crippen MR) is 98.6 cm³/mol. The quantitative estimate of drug-likeness (QED) is 0.719. The summed E-state index contributed by atoms with van der Waals surface area (Å²) in [5.74, 6) is -2.52. The number of rotatable bonds is 6. The molecule has 1 fully saturated rings. The molecule has 0 saturated carbocycles. The lowest BCUT2D eigenvalue weighted by Crippen LogP contribution is -2.42. The zero-order valence-electron chi connectivity index (χ0n) is 14.8. The third-order valence-electron chi connectivity index (χ3n) is 4.55. The molecule has 2 aromatic rings. The van der Waals surface area contributed by atoms with Crippen LogP contribution in [0.1, 0.15) is 18.4 Å². The smallest absolute Gasteiger partial charge is 0.320 e. The Labute approximate surface area is 160 Å². The summed E-state index contributed by atoms with van der Waals surface area (Å²) in [6.45, 7) is 1.28. The van der Waals surface area contributed by atoms with Crippen molar-refractivity contribution in [2.75, 3.05) is 30.3 Å². The minimum atomic E-state index is -3.88. The summed E-state index contributed by atoms with van der Waals surface area (Å²) < 4.78 is 39.6. The normalized spacial score (nSPS) is 17.4. The Bertz CT molecular complexity index is 1050. The molecule has 11 heteroatoms. The first-order valence-corrected chi connectivity index (χ1v) is 10.2. The first-order chi connectivity index (χ1) is 13.3. The van der Waals surface area contributed by atoms with E-state index < -0.39 is 27.6 Å². The average Bonchev–Trinajstić information content (AvgIpc) is 2.64. The predicted octanol–water partition coefficient (Wildman–Crippen LogP) is 0.861. The van der Waals surface area contributed by atoms with E-state index >= 15 is 0 Å². The lowest BCUT2D eigenvalue weighted by Gasteiger charge is -2.34. The highest BCUT2D eigenvalue weighted by Gasteiger charge is 2.25. The van der Waals surface area contributed by atoms with Gasteiger partial charge in [0.2, 0.25) is 10.0 Å². The Balaban J connectivity index is 1.79. The number of carbonyl (C=O) groups is 1. The number of halogens is 1. The Morgan fingerprint density at radius 3 is 2.93 bits per heavy atom. The van der Waals surface area contributed by atoms with Crippen LogP contribution < -0.4 is 9.62 Å². The average molecular weight is 407 g/mol. The van der Waals surface area contributed by atoms with E-state index in [0.29, 0.717) is 29.8 Å². The largest absolute Gasteiger partial charge is 0.480 e. The van der Waals surface area contributed by atoms with Crippen molar-refractivity contribution in [3.63, 3.8) is 0 Å². The molecule has 2 N–H and O–H groups in total. The number of anilines is 1. The molecule has 0 bridgehead atoms. The van der Waals surface area contributed by atoms with E-state index in [4.69, 9.17) is 10.4 Å². The van der Waals surface area contributed by atoms with E-state index in [-0.39, 0.29) is 18.0 Å². The van der Waals surface area contributed by atoms with Gasteiger partial charge < -0.3 is 10.0 Å². The topological polar surface area (TPSA) is 136 Å². The molecule has 1 unspecified atom stereocenters. The summed E-state index contributed by atoms with van der Waals surface area (Å²) in [5, 5.41) is 18.3. The minimum Gasteiger partial charge on any atom is -0.480 e. The molecule has 1 atom stereocenters. The van der Waals surface area contributed by atoms with Crippen molar-refractivity contribution in [3.05, 3.63) is 29.8 Å². The number of sulfonamides is 1. The van der Waals surface area contributed by atoms with Gasteiger partial charge in [0, 0.05) is 31.1 Å². The van der Waals surface area contributed by atoms with E-state index in [2.05, 4.69) is 14.7 Å². The highest BCUT2D eigenvalue weighted by atomic mass is 32.2. The molecular formula is C17H18FN5O4S. The zero-order chi connectivity index (χ0) is 20.3. The number of hydrogen-bond donors (Lipinski definition) is 2.